The molecule has 0 aliphatic carbocycles. The molecule has 0 aliphatic heterocycles. The van der Waals surface area contributed by atoms with Crippen molar-refractivity contribution in [1.82, 2.24) is 24.8 Å². The van der Waals surface area contributed by atoms with Crippen molar-refractivity contribution in [2.75, 3.05) is 0 Å². The smallest absolute Gasteiger partial charge is 0.273 e. The lowest BCUT2D eigenvalue weighted by molar-refractivity contribution is 0.899. The van der Waals surface area contributed by atoms with Crippen LogP contribution in [0.4, 0.5) is 0 Å². The molecule has 0 fully saturated rings. The number of fused-ring (bicyclic) bond motifs is 1. The molecule has 4 rings (SSSR count). The van der Waals surface area contributed by atoms with E-state index in [1.165, 1.54) is 10.6 Å². The Morgan fingerprint density at radius 3 is 2.71 bits per heavy atom. The van der Waals surface area contributed by atoms with Crippen LogP contribution in [0.3, 0.4) is 0 Å². The number of rotatable bonds is 2. The van der Waals surface area contributed by atoms with E-state index in [-0.39, 0.29) is 5.56 Å². The molecule has 0 aliphatic rings. The van der Waals surface area contributed by atoms with E-state index in [4.69, 9.17) is 0 Å². The minimum absolute atomic E-state index is 0.160. The molecular weight excluding hydrogens is 266 g/mol. The first-order valence-corrected chi connectivity index (χ1v) is 6.49. The summed E-state index contributed by atoms with van der Waals surface area (Å²) in [6.07, 6.45) is 3.42. The minimum Gasteiger partial charge on any atom is -0.296 e. The van der Waals surface area contributed by atoms with Gasteiger partial charge in [0, 0.05) is 24.0 Å². The Balaban J connectivity index is 2.01. The highest BCUT2D eigenvalue weighted by atomic mass is 16.1. The third kappa shape index (κ3) is 1.85. The predicted octanol–water partition coefficient (Wildman–Crippen LogP) is 2.08. The summed E-state index contributed by atoms with van der Waals surface area (Å²) in [5, 5.41) is 9.66. The van der Waals surface area contributed by atoms with Gasteiger partial charge in [-0.1, -0.05) is 30.3 Å². The second-order valence-corrected chi connectivity index (χ2v) is 4.66. The van der Waals surface area contributed by atoms with Gasteiger partial charge in [0.1, 0.15) is 0 Å². The summed E-state index contributed by atoms with van der Waals surface area (Å²) >= 11 is 0. The van der Waals surface area contributed by atoms with Crippen LogP contribution in [0.1, 0.15) is 0 Å². The van der Waals surface area contributed by atoms with Crippen molar-refractivity contribution < 1.29 is 0 Å². The molecule has 6 heteroatoms. The molecule has 102 valence electrons. The van der Waals surface area contributed by atoms with Gasteiger partial charge in [-0.2, -0.15) is 5.10 Å². The Morgan fingerprint density at radius 1 is 1.10 bits per heavy atom. The number of aromatic amines is 2. The van der Waals surface area contributed by atoms with E-state index >= 15 is 0 Å². The monoisotopic (exact) mass is 277 g/mol. The summed E-state index contributed by atoms with van der Waals surface area (Å²) < 4.78 is 1.43. The molecule has 0 amide bonds. The summed E-state index contributed by atoms with van der Waals surface area (Å²) in [6, 6.07) is 13.1. The van der Waals surface area contributed by atoms with E-state index in [1.54, 1.807) is 18.5 Å². The molecule has 6 nitrogen and oxygen atoms in total. The Bertz CT molecular complexity index is 951. The molecule has 0 spiro atoms. The minimum atomic E-state index is -0.160. The van der Waals surface area contributed by atoms with Crippen LogP contribution in [-0.2, 0) is 0 Å². The van der Waals surface area contributed by atoms with Crippen LogP contribution in [0.25, 0.3) is 28.2 Å². The first-order valence-electron chi connectivity index (χ1n) is 6.49. The maximum absolute atomic E-state index is 12.2. The highest BCUT2D eigenvalue weighted by molar-refractivity contribution is 5.78. The molecule has 0 radical (unpaired) electrons. The molecule has 3 aromatic heterocycles. The van der Waals surface area contributed by atoms with Gasteiger partial charge >= 0.3 is 0 Å². The molecular formula is C15H11N5O. The van der Waals surface area contributed by atoms with Crippen LogP contribution in [0.15, 0.2) is 59.7 Å². The summed E-state index contributed by atoms with van der Waals surface area (Å²) in [5.74, 6) is 0. The van der Waals surface area contributed by atoms with Gasteiger partial charge in [0.25, 0.3) is 5.56 Å². The zero-order valence-electron chi connectivity index (χ0n) is 10.9. The Labute approximate surface area is 119 Å². The van der Waals surface area contributed by atoms with Gasteiger partial charge in [-0.3, -0.25) is 15.0 Å². The molecule has 4 aromatic rings. The molecule has 21 heavy (non-hydrogen) atoms. The zero-order chi connectivity index (χ0) is 14.2. The number of hydrogen-bond acceptors (Lipinski definition) is 3. The van der Waals surface area contributed by atoms with Crippen LogP contribution >= 0.6 is 0 Å². The lowest BCUT2D eigenvalue weighted by atomic mass is 10.1. The second-order valence-electron chi connectivity index (χ2n) is 4.66. The molecule has 0 bridgehead atoms. The maximum atomic E-state index is 12.2. The van der Waals surface area contributed by atoms with Crippen LogP contribution in [0.2, 0.25) is 0 Å². The Hall–Kier alpha value is -3.15. The van der Waals surface area contributed by atoms with E-state index in [1.807, 2.05) is 30.3 Å². The molecule has 2 N–H and O–H groups in total. The third-order valence-corrected chi connectivity index (χ3v) is 3.36. The fraction of sp³-hybridized carbons (Fsp3) is 0. The Kier molecular flexibility index (Phi) is 2.47. The van der Waals surface area contributed by atoms with Gasteiger partial charge in [-0.15, -0.1) is 0 Å². The normalized spacial score (nSPS) is 11.0. The van der Waals surface area contributed by atoms with Crippen molar-refractivity contribution in [2.24, 2.45) is 0 Å². The van der Waals surface area contributed by atoms with Gasteiger partial charge in [0.05, 0.1) is 11.4 Å². The van der Waals surface area contributed by atoms with Gasteiger partial charge < -0.3 is 0 Å². The standard InChI is InChI=1S/C15H11N5O/c21-14-8-13(12-6-7-16-19-12)18-15-11(9-17-20(14)15)10-4-2-1-3-5-10/h1-9,17H,(H,16,19). The zero-order valence-corrected chi connectivity index (χ0v) is 10.9. The summed E-state index contributed by atoms with van der Waals surface area (Å²) in [4.78, 5) is 16.8. The maximum Gasteiger partial charge on any atom is 0.273 e. The molecule has 3 heterocycles. The average Bonchev–Trinajstić information content (AvgIpc) is 3.18. The van der Waals surface area contributed by atoms with Crippen LogP contribution < -0.4 is 5.56 Å². The van der Waals surface area contributed by atoms with Gasteiger partial charge in [0.15, 0.2) is 5.65 Å². The van der Waals surface area contributed by atoms with Crippen LogP contribution in [0, 0.1) is 0 Å². The molecule has 0 unspecified atom stereocenters. The predicted molar refractivity (Wildman–Crippen MR) is 78.8 cm³/mol. The van der Waals surface area contributed by atoms with Crippen LogP contribution in [-0.4, -0.2) is 24.8 Å². The lowest BCUT2D eigenvalue weighted by Gasteiger charge is -2.01. The first-order chi connectivity index (χ1) is 10.3. The Morgan fingerprint density at radius 2 is 1.95 bits per heavy atom. The largest absolute Gasteiger partial charge is 0.296 e. The number of hydrogen-bond donors (Lipinski definition) is 2. The molecule has 1 aromatic carbocycles. The van der Waals surface area contributed by atoms with Gasteiger partial charge in [-0.25, -0.2) is 9.50 Å². The first kappa shape index (κ1) is 11.7. The van der Waals surface area contributed by atoms with E-state index < -0.39 is 0 Å². The van der Waals surface area contributed by atoms with Crippen molar-refractivity contribution >= 4 is 5.65 Å². The molecule has 0 atom stereocenters. The number of aromatic nitrogens is 5. The summed E-state index contributed by atoms with van der Waals surface area (Å²) in [7, 11) is 0. The molecule has 0 saturated carbocycles. The third-order valence-electron chi connectivity index (χ3n) is 3.36. The second kappa shape index (κ2) is 4.45. The summed E-state index contributed by atoms with van der Waals surface area (Å²) in [6.45, 7) is 0. The quantitative estimate of drug-likeness (QED) is 0.588. The summed E-state index contributed by atoms with van der Waals surface area (Å²) in [5.41, 5.74) is 3.62. The number of benzene rings is 1. The number of nitrogens with zero attached hydrogens (tertiary/aromatic N) is 3. The van der Waals surface area contributed by atoms with E-state index in [9.17, 15) is 4.79 Å². The van der Waals surface area contributed by atoms with Crippen molar-refractivity contribution in [3.8, 4) is 22.5 Å². The number of nitrogens with one attached hydrogen (secondary N) is 2. The lowest BCUT2D eigenvalue weighted by Crippen LogP contribution is -2.14. The van der Waals surface area contributed by atoms with Crippen LogP contribution in [0.5, 0.6) is 0 Å². The molecule has 0 saturated heterocycles. The SMILES string of the molecule is O=c1cc(-c2ccn[nH]2)nc2c(-c3ccccc3)c[nH]n12. The fourth-order valence-corrected chi connectivity index (χ4v) is 2.35. The average molecular weight is 277 g/mol. The van der Waals surface area contributed by atoms with E-state index in [0.29, 0.717) is 11.3 Å². The van der Waals surface area contributed by atoms with Crippen molar-refractivity contribution in [2.45, 2.75) is 0 Å². The van der Waals surface area contributed by atoms with Crippen molar-refractivity contribution in [3.63, 3.8) is 0 Å². The van der Waals surface area contributed by atoms with Gasteiger partial charge in [-0.05, 0) is 11.6 Å². The van der Waals surface area contributed by atoms with E-state index in [2.05, 4.69) is 20.3 Å². The van der Waals surface area contributed by atoms with Crippen molar-refractivity contribution in [3.05, 3.63) is 65.2 Å². The number of H-pyrrole nitrogens is 2. The van der Waals surface area contributed by atoms with Crippen molar-refractivity contribution in [1.29, 1.82) is 0 Å². The highest BCUT2D eigenvalue weighted by Crippen LogP contribution is 2.23. The fourth-order valence-electron chi connectivity index (χ4n) is 2.35. The topological polar surface area (TPSA) is 78.8 Å². The highest BCUT2D eigenvalue weighted by Gasteiger charge is 2.12. The van der Waals surface area contributed by atoms with Gasteiger partial charge in [0.2, 0.25) is 0 Å². The van der Waals surface area contributed by atoms with E-state index in [0.717, 1.165) is 16.8 Å².